The molecule has 3 heterocycles. The molecule has 3 aromatic rings. The number of hydrogen-bond acceptors (Lipinski definition) is 5. The minimum Gasteiger partial charge on any atom is -0.361 e. The van der Waals surface area contributed by atoms with Crippen molar-refractivity contribution in [1.82, 2.24) is 20.2 Å². The zero-order chi connectivity index (χ0) is 20.5. The van der Waals surface area contributed by atoms with Gasteiger partial charge in [0.1, 0.15) is 6.04 Å². The number of H-pyrrole nitrogens is 1. The van der Waals surface area contributed by atoms with Crippen LogP contribution < -0.4 is 10.6 Å². The lowest BCUT2D eigenvalue weighted by Gasteiger charge is -2.12. The smallest absolute Gasteiger partial charge is 0.324 e. The van der Waals surface area contributed by atoms with Gasteiger partial charge in [0.15, 0.2) is 5.13 Å². The highest BCUT2D eigenvalue weighted by Crippen LogP contribution is 2.22. The number of anilines is 1. The molecule has 1 aliphatic heterocycles. The first-order valence-corrected chi connectivity index (χ1v) is 10.1. The molecule has 1 saturated heterocycles. The molecule has 1 fully saturated rings. The lowest BCUT2D eigenvalue weighted by Crippen LogP contribution is -2.34. The van der Waals surface area contributed by atoms with Crippen molar-refractivity contribution in [2.45, 2.75) is 32.7 Å². The van der Waals surface area contributed by atoms with Crippen molar-refractivity contribution in [3.8, 4) is 0 Å². The number of aromatic amines is 1. The molecule has 0 saturated carbocycles. The van der Waals surface area contributed by atoms with E-state index in [0.29, 0.717) is 11.6 Å². The number of aromatic nitrogens is 2. The fourth-order valence-electron chi connectivity index (χ4n) is 3.38. The van der Waals surface area contributed by atoms with Crippen LogP contribution in [-0.4, -0.2) is 45.3 Å². The third-order valence-electron chi connectivity index (χ3n) is 5.05. The normalized spacial score (nSPS) is 16.5. The standard InChI is InChI=1S/C20H21N5O3S/c1-11-12(2)29-19(22-11)24-17(26)9-16-18(27)25(20(28)23-16)8-7-13-10-21-15-6-4-3-5-14(13)15/h3-6,10,16,21H,7-9H2,1-2H3,(H,23,28)(H,22,24,26)/t16-/m1/s1. The number of rotatable bonds is 6. The van der Waals surface area contributed by atoms with Crippen LogP contribution in [-0.2, 0) is 16.0 Å². The molecule has 0 bridgehead atoms. The Hall–Kier alpha value is -3.20. The Morgan fingerprint density at radius 3 is 2.83 bits per heavy atom. The third kappa shape index (κ3) is 3.86. The average Bonchev–Trinajstić information content (AvgIpc) is 3.31. The molecule has 8 nitrogen and oxygen atoms in total. The minimum atomic E-state index is -0.854. The highest BCUT2D eigenvalue weighted by Gasteiger charge is 2.38. The molecular formula is C20H21N5O3S. The fourth-order valence-corrected chi connectivity index (χ4v) is 4.21. The predicted octanol–water partition coefficient (Wildman–Crippen LogP) is 2.73. The number of thiazole rings is 1. The lowest BCUT2D eigenvalue weighted by molar-refractivity contribution is -0.129. The average molecular weight is 411 g/mol. The summed E-state index contributed by atoms with van der Waals surface area (Å²) in [5.74, 6) is -0.729. The van der Waals surface area contributed by atoms with Gasteiger partial charge in [-0.15, -0.1) is 11.3 Å². The van der Waals surface area contributed by atoms with Crippen molar-refractivity contribution in [2.75, 3.05) is 11.9 Å². The Bertz CT molecular complexity index is 1080. The number of aryl methyl sites for hydroxylation is 2. The zero-order valence-corrected chi connectivity index (χ0v) is 16.9. The van der Waals surface area contributed by atoms with E-state index in [1.54, 1.807) is 0 Å². The highest BCUT2D eigenvalue weighted by molar-refractivity contribution is 7.15. The van der Waals surface area contributed by atoms with Crippen LogP contribution in [0.5, 0.6) is 0 Å². The quantitative estimate of drug-likeness (QED) is 0.542. The number of benzene rings is 1. The van der Waals surface area contributed by atoms with E-state index < -0.39 is 12.1 Å². The fraction of sp³-hybridized carbons (Fsp3) is 0.300. The summed E-state index contributed by atoms with van der Waals surface area (Å²) in [4.78, 5) is 46.8. The number of nitrogens with zero attached hydrogens (tertiary/aromatic N) is 2. The minimum absolute atomic E-state index is 0.119. The summed E-state index contributed by atoms with van der Waals surface area (Å²) in [5, 5.41) is 6.88. The second kappa shape index (κ2) is 7.67. The summed E-state index contributed by atoms with van der Waals surface area (Å²) < 4.78 is 0. The van der Waals surface area contributed by atoms with E-state index in [9.17, 15) is 14.4 Å². The van der Waals surface area contributed by atoms with Gasteiger partial charge in [-0.25, -0.2) is 9.78 Å². The molecule has 2 aromatic heterocycles. The first kappa shape index (κ1) is 19.1. The van der Waals surface area contributed by atoms with Crippen LogP contribution in [0.4, 0.5) is 9.93 Å². The molecule has 1 aromatic carbocycles. The molecule has 1 atom stereocenters. The zero-order valence-electron chi connectivity index (χ0n) is 16.1. The van der Waals surface area contributed by atoms with Crippen LogP contribution in [0.25, 0.3) is 10.9 Å². The van der Waals surface area contributed by atoms with E-state index in [0.717, 1.165) is 27.0 Å². The molecule has 0 aliphatic carbocycles. The first-order chi connectivity index (χ1) is 13.9. The second-order valence-corrected chi connectivity index (χ2v) is 8.22. The number of urea groups is 1. The van der Waals surface area contributed by atoms with E-state index in [1.807, 2.05) is 44.3 Å². The second-order valence-electron chi connectivity index (χ2n) is 7.01. The molecule has 4 amide bonds. The molecular weight excluding hydrogens is 390 g/mol. The van der Waals surface area contributed by atoms with Crippen LogP contribution in [0, 0.1) is 13.8 Å². The van der Waals surface area contributed by atoms with Gasteiger partial charge in [0.25, 0.3) is 5.91 Å². The molecule has 0 spiro atoms. The number of carbonyl (C=O) groups is 3. The van der Waals surface area contributed by atoms with Crippen LogP contribution >= 0.6 is 11.3 Å². The Labute approximate surface area is 171 Å². The molecule has 1 aliphatic rings. The van der Waals surface area contributed by atoms with Gasteiger partial charge in [-0.1, -0.05) is 18.2 Å². The summed E-state index contributed by atoms with van der Waals surface area (Å²) >= 11 is 1.38. The van der Waals surface area contributed by atoms with E-state index in [4.69, 9.17) is 0 Å². The maximum Gasteiger partial charge on any atom is 0.324 e. The van der Waals surface area contributed by atoms with Gasteiger partial charge < -0.3 is 15.6 Å². The van der Waals surface area contributed by atoms with Gasteiger partial charge in [-0.3, -0.25) is 14.5 Å². The Morgan fingerprint density at radius 2 is 2.07 bits per heavy atom. The maximum atomic E-state index is 12.6. The Kier molecular flexibility index (Phi) is 5.06. The van der Waals surface area contributed by atoms with Gasteiger partial charge in [0.2, 0.25) is 5.91 Å². The maximum absolute atomic E-state index is 12.6. The molecule has 150 valence electrons. The van der Waals surface area contributed by atoms with Crippen LogP contribution in [0.15, 0.2) is 30.5 Å². The molecule has 0 radical (unpaired) electrons. The molecule has 4 rings (SSSR count). The number of amides is 4. The van der Waals surface area contributed by atoms with Gasteiger partial charge in [0, 0.05) is 28.5 Å². The van der Waals surface area contributed by atoms with Crippen LogP contribution in [0.2, 0.25) is 0 Å². The summed E-state index contributed by atoms with van der Waals surface area (Å²) in [5.41, 5.74) is 2.91. The Morgan fingerprint density at radius 1 is 1.28 bits per heavy atom. The predicted molar refractivity (Wildman–Crippen MR) is 111 cm³/mol. The lowest BCUT2D eigenvalue weighted by atomic mass is 10.1. The molecule has 9 heteroatoms. The van der Waals surface area contributed by atoms with Crippen molar-refractivity contribution >= 4 is 45.2 Å². The molecule has 0 unspecified atom stereocenters. The third-order valence-corrected chi connectivity index (χ3v) is 6.04. The summed E-state index contributed by atoms with van der Waals surface area (Å²) in [6, 6.07) is 6.56. The van der Waals surface area contributed by atoms with Crippen LogP contribution in [0.1, 0.15) is 22.6 Å². The van der Waals surface area contributed by atoms with Gasteiger partial charge in [0.05, 0.1) is 12.1 Å². The van der Waals surface area contributed by atoms with E-state index >= 15 is 0 Å². The first-order valence-electron chi connectivity index (χ1n) is 9.33. The summed E-state index contributed by atoms with van der Waals surface area (Å²) in [6.07, 6.45) is 2.32. The van der Waals surface area contributed by atoms with Gasteiger partial charge in [-0.05, 0) is 31.9 Å². The number of fused-ring (bicyclic) bond motifs is 1. The van der Waals surface area contributed by atoms with Crippen molar-refractivity contribution in [2.24, 2.45) is 0 Å². The summed E-state index contributed by atoms with van der Waals surface area (Å²) in [7, 11) is 0. The van der Waals surface area contributed by atoms with Gasteiger partial charge in [-0.2, -0.15) is 0 Å². The topological polar surface area (TPSA) is 107 Å². The van der Waals surface area contributed by atoms with E-state index in [-0.39, 0.29) is 24.8 Å². The number of imide groups is 1. The molecule has 3 N–H and O–H groups in total. The summed E-state index contributed by atoms with van der Waals surface area (Å²) in [6.45, 7) is 4.05. The number of carbonyl (C=O) groups excluding carboxylic acids is 3. The highest BCUT2D eigenvalue weighted by atomic mass is 32.1. The van der Waals surface area contributed by atoms with Crippen molar-refractivity contribution < 1.29 is 14.4 Å². The van der Waals surface area contributed by atoms with E-state index in [1.165, 1.54) is 16.2 Å². The van der Waals surface area contributed by atoms with Crippen molar-refractivity contribution in [3.05, 3.63) is 46.6 Å². The number of nitrogens with one attached hydrogen (secondary N) is 3. The van der Waals surface area contributed by atoms with Crippen LogP contribution in [0.3, 0.4) is 0 Å². The number of para-hydroxylation sites is 1. The monoisotopic (exact) mass is 411 g/mol. The van der Waals surface area contributed by atoms with E-state index in [2.05, 4.69) is 20.6 Å². The largest absolute Gasteiger partial charge is 0.361 e. The SMILES string of the molecule is Cc1nc(NC(=O)C[C@H]2NC(=O)N(CCc3c[nH]c4ccccc34)C2=O)sc1C. The van der Waals surface area contributed by atoms with Crippen molar-refractivity contribution in [3.63, 3.8) is 0 Å². The number of hydrogen-bond donors (Lipinski definition) is 3. The Balaban J connectivity index is 1.36. The van der Waals surface area contributed by atoms with Crippen molar-refractivity contribution in [1.29, 1.82) is 0 Å². The molecule has 29 heavy (non-hydrogen) atoms. The van der Waals surface area contributed by atoms with Gasteiger partial charge >= 0.3 is 6.03 Å².